The standard InChI is InChI=1S/C14H16N2O3S/c17-20(18,16-9-11-5-7-19-10-11)13-3-4-14-12(8-13)2-1-6-15-14/h3-5,7-8,10,15-16H,1-2,6,9H2. The highest BCUT2D eigenvalue weighted by Gasteiger charge is 2.17. The van der Waals surface area contributed by atoms with E-state index in [2.05, 4.69) is 10.0 Å². The molecule has 1 aliphatic rings. The fraction of sp³-hybridized carbons (Fsp3) is 0.286. The lowest BCUT2D eigenvalue weighted by molar-refractivity contribution is 0.561. The molecule has 20 heavy (non-hydrogen) atoms. The maximum absolute atomic E-state index is 12.3. The summed E-state index contributed by atoms with van der Waals surface area (Å²) in [7, 11) is -3.49. The van der Waals surface area contributed by atoms with Crippen molar-refractivity contribution >= 4 is 15.7 Å². The van der Waals surface area contributed by atoms with E-state index in [1.807, 2.05) is 6.07 Å². The zero-order chi connectivity index (χ0) is 14.0. The topological polar surface area (TPSA) is 71.3 Å². The second-order valence-electron chi connectivity index (χ2n) is 4.81. The Morgan fingerprint density at radius 3 is 3.00 bits per heavy atom. The highest BCUT2D eigenvalue weighted by atomic mass is 32.2. The van der Waals surface area contributed by atoms with Crippen molar-refractivity contribution in [2.75, 3.05) is 11.9 Å². The second-order valence-corrected chi connectivity index (χ2v) is 6.57. The van der Waals surface area contributed by atoms with Gasteiger partial charge in [0, 0.05) is 24.3 Å². The van der Waals surface area contributed by atoms with Crippen LogP contribution in [0.5, 0.6) is 0 Å². The molecule has 2 heterocycles. The largest absolute Gasteiger partial charge is 0.472 e. The smallest absolute Gasteiger partial charge is 0.240 e. The van der Waals surface area contributed by atoms with Crippen molar-refractivity contribution < 1.29 is 12.8 Å². The number of nitrogens with one attached hydrogen (secondary N) is 2. The van der Waals surface area contributed by atoms with Crippen molar-refractivity contribution in [2.45, 2.75) is 24.3 Å². The van der Waals surface area contributed by atoms with Gasteiger partial charge in [-0.25, -0.2) is 13.1 Å². The Morgan fingerprint density at radius 1 is 1.30 bits per heavy atom. The van der Waals surface area contributed by atoms with Crippen LogP contribution in [0.15, 0.2) is 46.1 Å². The Balaban J connectivity index is 1.80. The fourth-order valence-electron chi connectivity index (χ4n) is 2.27. The first-order valence-electron chi connectivity index (χ1n) is 6.53. The molecule has 0 fully saturated rings. The predicted molar refractivity (Wildman–Crippen MR) is 76.0 cm³/mol. The first-order valence-corrected chi connectivity index (χ1v) is 8.01. The number of anilines is 1. The van der Waals surface area contributed by atoms with Crippen molar-refractivity contribution in [1.82, 2.24) is 4.72 Å². The van der Waals surface area contributed by atoms with Gasteiger partial charge in [-0.15, -0.1) is 0 Å². The van der Waals surface area contributed by atoms with E-state index in [1.54, 1.807) is 18.2 Å². The minimum Gasteiger partial charge on any atom is -0.472 e. The number of sulfonamides is 1. The summed E-state index contributed by atoms with van der Waals surface area (Å²) in [6.45, 7) is 1.17. The molecule has 0 saturated carbocycles. The third-order valence-electron chi connectivity index (χ3n) is 3.37. The quantitative estimate of drug-likeness (QED) is 0.905. The second kappa shape index (κ2) is 5.30. The number of rotatable bonds is 4. The number of aryl methyl sites for hydroxylation is 1. The summed E-state index contributed by atoms with van der Waals surface area (Å²) in [6, 6.07) is 6.95. The van der Waals surface area contributed by atoms with Crippen LogP contribution < -0.4 is 10.0 Å². The molecule has 0 amide bonds. The number of hydrogen-bond donors (Lipinski definition) is 2. The maximum Gasteiger partial charge on any atom is 0.240 e. The van der Waals surface area contributed by atoms with E-state index in [0.717, 1.165) is 36.2 Å². The van der Waals surface area contributed by atoms with Crippen LogP contribution in [0.4, 0.5) is 5.69 Å². The SMILES string of the molecule is O=S(=O)(NCc1ccoc1)c1ccc2c(c1)CCCN2. The molecule has 1 aliphatic heterocycles. The van der Waals surface area contributed by atoms with Crippen LogP contribution in [0.2, 0.25) is 0 Å². The van der Waals surface area contributed by atoms with E-state index in [0.29, 0.717) is 4.90 Å². The van der Waals surface area contributed by atoms with Crippen LogP contribution in [-0.2, 0) is 23.0 Å². The number of fused-ring (bicyclic) bond motifs is 1. The lowest BCUT2D eigenvalue weighted by Crippen LogP contribution is -2.23. The molecule has 0 spiro atoms. The Labute approximate surface area is 118 Å². The van der Waals surface area contributed by atoms with Gasteiger partial charge >= 0.3 is 0 Å². The third kappa shape index (κ3) is 2.71. The zero-order valence-corrected chi connectivity index (χ0v) is 11.7. The minimum atomic E-state index is -3.49. The molecule has 1 aromatic carbocycles. The van der Waals surface area contributed by atoms with Crippen molar-refractivity contribution in [3.05, 3.63) is 47.9 Å². The van der Waals surface area contributed by atoms with Gasteiger partial charge in [-0.05, 0) is 42.7 Å². The number of benzene rings is 1. The highest BCUT2D eigenvalue weighted by Crippen LogP contribution is 2.24. The third-order valence-corrected chi connectivity index (χ3v) is 4.77. The molecule has 0 aliphatic carbocycles. The van der Waals surface area contributed by atoms with Crippen LogP contribution in [0.3, 0.4) is 0 Å². The van der Waals surface area contributed by atoms with E-state index in [1.165, 1.54) is 12.5 Å². The van der Waals surface area contributed by atoms with Gasteiger partial charge in [0.05, 0.1) is 17.4 Å². The summed E-state index contributed by atoms with van der Waals surface area (Å²) in [6.07, 6.45) is 4.99. The van der Waals surface area contributed by atoms with Crippen molar-refractivity contribution in [1.29, 1.82) is 0 Å². The molecule has 2 N–H and O–H groups in total. The number of hydrogen-bond acceptors (Lipinski definition) is 4. The van der Waals surface area contributed by atoms with E-state index in [4.69, 9.17) is 4.42 Å². The van der Waals surface area contributed by atoms with Crippen molar-refractivity contribution in [2.24, 2.45) is 0 Å². The molecule has 2 aromatic rings. The van der Waals surface area contributed by atoms with Gasteiger partial charge in [-0.1, -0.05) is 0 Å². The summed E-state index contributed by atoms with van der Waals surface area (Å²) in [4.78, 5) is 0.309. The maximum atomic E-state index is 12.3. The fourth-order valence-corrected chi connectivity index (χ4v) is 3.34. The molecular formula is C14H16N2O3S. The average molecular weight is 292 g/mol. The Kier molecular flexibility index (Phi) is 3.50. The molecule has 6 heteroatoms. The van der Waals surface area contributed by atoms with Gasteiger partial charge in [0.2, 0.25) is 10.0 Å². The van der Waals surface area contributed by atoms with Gasteiger partial charge in [0.15, 0.2) is 0 Å². The van der Waals surface area contributed by atoms with E-state index >= 15 is 0 Å². The number of furan rings is 1. The van der Waals surface area contributed by atoms with Crippen molar-refractivity contribution in [3.8, 4) is 0 Å². The Hall–Kier alpha value is -1.79. The van der Waals surface area contributed by atoms with Gasteiger partial charge in [0.25, 0.3) is 0 Å². The van der Waals surface area contributed by atoms with Crippen LogP contribution in [0, 0.1) is 0 Å². The van der Waals surface area contributed by atoms with Crippen LogP contribution in [-0.4, -0.2) is 15.0 Å². The first kappa shape index (κ1) is 13.2. The summed E-state index contributed by atoms with van der Waals surface area (Å²) in [5, 5.41) is 3.27. The molecule has 0 saturated heterocycles. The molecule has 0 atom stereocenters. The molecular weight excluding hydrogens is 276 g/mol. The zero-order valence-electron chi connectivity index (χ0n) is 10.9. The lowest BCUT2D eigenvalue weighted by Gasteiger charge is -2.18. The van der Waals surface area contributed by atoms with Crippen LogP contribution >= 0.6 is 0 Å². The minimum absolute atomic E-state index is 0.230. The first-order chi connectivity index (χ1) is 9.65. The highest BCUT2D eigenvalue weighted by molar-refractivity contribution is 7.89. The summed E-state index contributed by atoms with van der Waals surface area (Å²) in [5.74, 6) is 0. The molecule has 0 unspecified atom stereocenters. The Morgan fingerprint density at radius 2 is 2.20 bits per heavy atom. The van der Waals surface area contributed by atoms with Gasteiger partial charge in [-0.3, -0.25) is 0 Å². The van der Waals surface area contributed by atoms with E-state index in [9.17, 15) is 8.42 Å². The van der Waals surface area contributed by atoms with Crippen LogP contribution in [0.1, 0.15) is 17.5 Å². The molecule has 0 bridgehead atoms. The Bertz CT molecular complexity index is 693. The van der Waals surface area contributed by atoms with Gasteiger partial charge < -0.3 is 9.73 Å². The van der Waals surface area contributed by atoms with E-state index < -0.39 is 10.0 Å². The predicted octanol–water partition coefficient (Wildman–Crippen LogP) is 2.12. The molecule has 0 radical (unpaired) electrons. The molecule has 3 rings (SSSR count). The van der Waals surface area contributed by atoms with Gasteiger partial charge in [-0.2, -0.15) is 0 Å². The monoisotopic (exact) mass is 292 g/mol. The van der Waals surface area contributed by atoms with Crippen LogP contribution in [0.25, 0.3) is 0 Å². The van der Waals surface area contributed by atoms with Gasteiger partial charge in [0.1, 0.15) is 0 Å². The molecule has 106 valence electrons. The lowest BCUT2D eigenvalue weighted by atomic mass is 10.0. The molecule has 5 nitrogen and oxygen atoms in total. The molecule has 1 aromatic heterocycles. The normalized spacial score (nSPS) is 14.6. The summed E-state index contributed by atoms with van der Waals surface area (Å²) < 4.78 is 32.0. The summed E-state index contributed by atoms with van der Waals surface area (Å²) >= 11 is 0. The van der Waals surface area contributed by atoms with Crippen molar-refractivity contribution in [3.63, 3.8) is 0 Å². The van der Waals surface area contributed by atoms with E-state index in [-0.39, 0.29) is 6.54 Å². The average Bonchev–Trinajstić information content (AvgIpc) is 2.98. The summed E-state index contributed by atoms with van der Waals surface area (Å²) in [5.41, 5.74) is 2.89.